The van der Waals surface area contributed by atoms with Gasteiger partial charge in [-0.1, -0.05) is 6.92 Å². The maximum absolute atomic E-state index is 11.7. The lowest BCUT2D eigenvalue weighted by atomic mass is 10.2. The molecule has 0 saturated heterocycles. The minimum Gasteiger partial charge on any atom is -0.352 e. The lowest BCUT2D eigenvalue weighted by Gasteiger charge is -2.08. The van der Waals surface area contributed by atoms with Gasteiger partial charge in [-0.2, -0.15) is 0 Å². The van der Waals surface area contributed by atoms with Crippen molar-refractivity contribution in [1.82, 2.24) is 15.6 Å². The van der Waals surface area contributed by atoms with E-state index in [0.717, 1.165) is 6.42 Å². The molecule has 5 nitrogen and oxygen atoms in total. The van der Waals surface area contributed by atoms with Crippen molar-refractivity contribution in [2.24, 2.45) is 0 Å². The lowest BCUT2D eigenvalue weighted by molar-refractivity contribution is 0.0938. The molecule has 0 fully saturated rings. The molecule has 0 unspecified atom stereocenters. The fourth-order valence-corrected chi connectivity index (χ4v) is 1.37. The van der Waals surface area contributed by atoms with Crippen molar-refractivity contribution in [3.05, 3.63) is 29.6 Å². The normalized spacial score (nSPS) is 10.2. The van der Waals surface area contributed by atoms with E-state index in [1.54, 1.807) is 6.07 Å². The van der Waals surface area contributed by atoms with Crippen LogP contribution in [0.4, 0.5) is 0 Å². The maximum atomic E-state index is 11.7. The Morgan fingerprint density at radius 1 is 1.33 bits per heavy atom. The van der Waals surface area contributed by atoms with Gasteiger partial charge in [0, 0.05) is 24.3 Å². The molecular weight excluding hydrogens is 230 g/mol. The highest BCUT2D eigenvalue weighted by molar-refractivity contribution is 5.98. The molecule has 0 radical (unpaired) electrons. The number of pyridine rings is 1. The number of nitrogens with zero attached hydrogens (tertiary/aromatic N) is 1. The Balaban J connectivity index is 2.79. The first-order valence-electron chi connectivity index (χ1n) is 6.09. The topological polar surface area (TPSA) is 71.1 Å². The SMILES string of the molecule is CCCNC(=O)c1ccnc(C(=O)NC(C)C)c1. The molecule has 0 saturated carbocycles. The van der Waals surface area contributed by atoms with Gasteiger partial charge < -0.3 is 10.6 Å². The van der Waals surface area contributed by atoms with Crippen molar-refractivity contribution in [2.75, 3.05) is 6.54 Å². The van der Waals surface area contributed by atoms with E-state index in [9.17, 15) is 9.59 Å². The van der Waals surface area contributed by atoms with E-state index in [2.05, 4.69) is 15.6 Å². The first kappa shape index (κ1) is 14.2. The van der Waals surface area contributed by atoms with Crippen LogP contribution in [0.3, 0.4) is 0 Å². The predicted octanol–water partition coefficient (Wildman–Crippen LogP) is 1.36. The summed E-state index contributed by atoms with van der Waals surface area (Å²) >= 11 is 0. The number of carbonyl (C=O) groups excluding carboxylic acids is 2. The Morgan fingerprint density at radius 2 is 2.06 bits per heavy atom. The summed E-state index contributed by atoms with van der Waals surface area (Å²) < 4.78 is 0. The second-order valence-corrected chi connectivity index (χ2v) is 4.31. The average molecular weight is 249 g/mol. The summed E-state index contributed by atoms with van der Waals surface area (Å²) in [6, 6.07) is 3.14. The Morgan fingerprint density at radius 3 is 2.67 bits per heavy atom. The third-order valence-corrected chi connectivity index (χ3v) is 2.21. The Hall–Kier alpha value is -1.91. The van der Waals surface area contributed by atoms with Gasteiger partial charge in [0.05, 0.1) is 0 Å². The summed E-state index contributed by atoms with van der Waals surface area (Å²) in [7, 11) is 0. The quantitative estimate of drug-likeness (QED) is 0.827. The monoisotopic (exact) mass is 249 g/mol. The van der Waals surface area contributed by atoms with Crippen LogP contribution in [-0.2, 0) is 0 Å². The predicted molar refractivity (Wildman–Crippen MR) is 69.5 cm³/mol. The van der Waals surface area contributed by atoms with Gasteiger partial charge in [-0.15, -0.1) is 0 Å². The van der Waals surface area contributed by atoms with Crippen LogP contribution < -0.4 is 10.6 Å². The van der Waals surface area contributed by atoms with E-state index in [0.29, 0.717) is 12.1 Å². The number of hydrogen-bond donors (Lipinski definition) is 2. The van der Waals surface area contributed by atoms with Gasteiger partial charge in [0.1, 0.15) is 5.69 Å². The number of aromatic nitrogens is 1. The van der Waals surface area contributed by atoms with E-state index in [1.807, 2.05) is 20.8 Å². The van der Waals surface area contributed by atoms with Crippen molar-refractivity contribution >= 4 is 11.8 Å². The van der Waals surface area contributed by atoms with Crippen LogP contribution >= 0.6 is 0 Å². The molecule has 1 heterocycles. The molecule has 2 N–H and O–H groups in total. The van der Waals surface area contributed by atoms with Crippen molar-refractivity contribution < 1.29 is 9.59 Å². The fourth-order valence-electron chi connectivity index (χ4n) is 1.37. The van der Waals surface area contributed by atoms with Gasteiger partial charge in [0.15, 0.2) is 0 Å². The minimum absolute atomic E-state index is 0.0388. The van der Waals surface area contributed by atoms with Gasteiger partial charge >= 0.3 is 0 Å². The van der Waals surface area contributed by atoms with Crippen LogP contribution in [-0.4, -0.2) is 29.4 Å². The zero-order valence-corrected chi connectivity index (χ0v) is 11.0. The maximum Gasteiger partial charge on any atom is 0.270 e. The van der Waals surface area contributed by atoms with Gasteiger partial charge in [0.25, 0.3) is 11.8 Å². The number of carbonyl (C=O) groups is 2. The first-order chi connectivity index (χ1) is 8.54. The molecule has 0 atom stereocenters. The van der Waals surface area contributed by atoms with Gasteiger partial charge in [0.2, 0.25) is 0 Å². The molecule has 18 heavy (non-hydrogen) atoms. The van der Waals surface area contributed by atoms with E-state index in [4.69, 9.17) is 0 Å². The molecule has 1 rings (SSSR count). The molecular formula is C13H19N3O2. The van der Waals surface area contributed by atoms with Crippen LogP contribution in [0.25, 0.3) is 0 Å². The van der Waals surface area contributed by atoms with Gasteiger partial charge in [-0.25, -0.2) is 0 Å². The summed E-state index contributed by atoms with van der Waals surface area (Å²) in [4.78, 5) is 27.4. The summed E-state index contributed by atoms with van der Waals surface area (Å²) in [5, 5.41) is 5.49. The number of nitrogens with one attached hydrogen (secondary N) is 2. The molecule has 1 aromatic rings. The minimum atomic E-state index is -0.268. The number of hydrogen-bond acceptors (Lipinski definition) is 3. The Kier molecular flexibility index (Phi) is 5.30. The number of rotatable bonds is 5. The zero-order chi connectivity index (χ0) is 13.5. The van der Waals surface area contributed by atoms with Gasteiger partial charge in [-0.05, 0) is 32.4 Å². The molecule has 0 spiro atoms. The molecule has 0 aliphatic carbocycles. The highest BCUT2D eigenvalue weighted by Gasteiger charge is 2.11. The first-order valence-corrected chi connectivity index (χ1v) is 6.09. The number of amides is 2. The van der Waals surface area contributed by atoms with E-state index >= 15 is 0 Å². The largest absolute Gasteiger partial charge is 0.352 e. The highest BCUT2D eigenvalue weighted by Crippen LogP contribution is 2.02. The van der Waals surface area contributed by atoms with Crippen molar-refractivity contribution in [3.8, 4) is 0 Å². The summed E-state index contributed by atoms with van der Waals surface area (Å²) in [6.45, 7) is 6.34. The zero-order valence-electron chi connectivity index (χ0n) is 11.0. The summed E-state index contributed by atoms with van der Waals surface area (Å²) in [5.74, 6) is -0.451. The molecule has 0 aliphatic rings. The standard InChI is InChI=1S/C13H19N3O2/c1-4-6-15-12(17)10-5-7-14-11(8-10)13(18)16-9(2)3/h5,7-9H,4,6H2,1-3H3,(H,15,17)(H,16,18). The van der Waals surface area contributed by atoms with Crippen molar-refractivity contribution in [2.45, 2.75) is 33.2 Å². The van der Waals surface area contributed by atoms with Crippen LogP contribution in [0.1, 0.15) is 48.0 Å². The summed E-state index contributed by atoms with van der Waals surface area (Å²) in [6.07, 6.45) is 2.34. The summed E-state index contributed by atoms with van der Waals surface area (Å²) in [5.41, 5.74) is 0.709. The second-order valence-electron chi connectivity index (χ2n) is 4.31. The van der Waals surface area contributed by atoms with E-state index in [-0.39, 0.29) is 23.6 Å². The third-order valence-electron chi connectivity index (χ3n) is 2.21. The Labute approximate surface area is 107 Å². The second kappa shape index (κ2) is 6.74. The van der Waals surface area contributed by atoms with Crippen LogP contribution in [0, 0.1) is 0 Å². The molecule has 98 valence electrons. The highest BCUT2D eigenvalue weighted by atomic mass is 16.2. The van der Waals surface area contributed by atoms with Gasteiger partial charge in [-0.3, -0.25) is 14.6 Å². The average Bonchev–Trinajstić information content (AvgIpc) is 2.35. The fraction of sp³-hybridized carbons (Fsp3) is 0.462. The Bertz CT molecular complexity index is 430. The smallest absolute Gasteiger partial charge is 0.270 e. The van der Waals surface area contributed by atoms with E-state index < -0.39 is 0 Å². The van der Waals surface area contributed by atoms with Crippen molar-refractivity contribution in [1.29, 1.82) is 0 Å². The third kappa shape index (κ3) is 4.16. The molecule has 0 aromatic carbocycles. The van der Waals surface area contributed by atoms with Crippen molar-refractivity contribution in [3.63, 3.8) is 0 Å². The molecule has 5 heteroatoms. The molecule has 2 amide bonds. The molecule has 1 aromatic heterocycles. The lowest BCUT2D eigenvalue weighted by Crippen LogP contribution is -2.31. The van der Waals surface area contributed by atoms with Crippen LogP contribution in [0.5, 0.6) is 0 Å². The van der Waals surface area contributed by atoms with E-state index in [1.165, 1.54) is 12.3 Å². The van der Waals surface area contributed by atoms with Crippen LogP contribution in [0.15, 0.2) is 18.3 Å². The van der Waals surface area contributed by atoms with Crippen LogP contribution in [0.2, 0.25) is 0 Å². The molecule has 0 aliphatic heterocycles. The molecule has 0 bridgehead atoms.